The highest BCUT2D eigenvalue weighted by atomic mass is 79.9. The van der Waals surface area contributed by atoms with Crippen molar-refractivity contribution >= 4 is 88.0 Å². The summed E-state index contributed by atoms with van der Waals surface area (Å²) in [5, 5.41) is 0. The first-order valence-corrected chi connectivity index (χ1v) is 10.8. The molecule has 2 heterocycles. The van der Waals surface area contributed by atoms with Crippen molar-refractivity contribution in [3.05, 3.63) is 89.2 Å². The van der Waals surface area contributed by atoms with Crippen molar-refractivity contribution in [1.29, 1.82) is 0 Å². The molecule has 0 saturated carbocycles. The van der Waals surface area contributed by atoms with Crippen molar-refractivity contribution in [2.24, 2.45) is 0 Å². The van der Waals surface area contributed by atoms with Crippen molar-refractivity contribution < 1.29 is 0 Å². The fraction of sp³-hybridized carbons (Fsp3) is 0. The summed E-state index contributed by atoms with van der Waals surface area (Å²) in [5.41, 5.74) is 4.27. The molecule has 2 nitrogen and oxygen atoms in total. The molecule has 0 amide bonds. The van der Waals surface area contributed by atoms with E-state index < -0.39 is 0 Å². The van der Waals surface area contributed by atoms with Crippen molar-refractivity contribution in [1.82, 2.24) is 9.97 Å². The standard InChI is InChI=1S/C20H12Br4N2/c21-17-15(3-1-13-5-9-25-10-6-13)18(22)20(24)16(19(17)23)4-2-14-7-11-26-12-8-14/h1-12H/b3-1+,4-2+. The zero-order valence-electron chi connectivity index (χ0n) is 13.3. The normalized spacial score (nSPS) is 11.5. The second-order valence-corrected chi connectivity index (χ2v) is 8.48. The first-order chi connectivity index (χ1) is 12.6. The summed E-state index contributed by atoms with van der Waals surface area (Å²) >= 11 is 14.8. The highest BCUT2D eigenvalue weighted by Gasteiger charge is 2.16. The Balaban J connectivity index is 2.00. The van der Waals surface area contributed by atoms with Gasteiger partial charge in [-0.2, -0.15) is 0 Å². The van der Waals surface area contributed by atoms with Crippen LogP contribution in [0.25, 0.3) is 24.3 Å². The largest absolute Gasteiger partial charge is 0.265 e. The summed E-state index contributed by atoms with van der Waals surface area (Å²) < 4.78 is 3.92. The van der Waals surface area contributed by atoms with Crippen LogP contribution in [-0.4, -0.2) is 9.97 Å². The SMILES string of the molecule is Brc1c(Br)c(/C=C/c2ccncc2)c(Br)c(Br)c1/C=C/c1ccncc1. The van der Waals surface area contributed by atoms with Crippen molar-refractivity contribution in [2.45, 2.75) is 0 Å². The molecule has 26 heavy (non-hydrogen) atoms. The van der Waals surface area contributed by atoms with E-state index in [2.05, 4.69) is 98.0 Å². The molecule has 0 N–H and O–H groups in total. The average Bonchev–Trinajstić information content (AvgIpc) is 2.68. The number of nitrogens with zero attached hydrogens (tertiary/aromatic N) is 2. The minimum atomic E-state index is 0.979. The van der Waals surface area contributed by atoms with E-state index in [1.165, 1.54) is 0 Å². The van der Waals surface area contributed by atoms with Gasteiger partial charge >= 0.3 is 0 Å². The van der Waals surface area contributed by atoms with Crippen molar-refractivity contribution in [2.75, 3.05) is 0 Å². The molecule has 0 aliphatic rings. The van der Waals surface area contributed by atoms with Crippen LogP contribution in [0.15, 0.2) is 66.9 Å². The van der Waals surface area contributed by atoms with Crippen LogP contribution >= 0.6 is 63.7 Å². The Bertz CT molecular complexity index is 859. The molecule has 0 radical (unpaired) electrons. The first-order valence-electron chi connectivity index (χ1n) is 7.60. The first kappa shape index (κ1) is 19.7. The summed E-state index contributed by atoms with van der Waals surface area (Å²) in [6.07, 6.45) is 15.4. The molecule has 3 aromatic rings. The molecule has 130 valence electrons. The molecule has 2 aromatic heterocycles. The Morgan fingerprint density at radius 3 is 1.12 bits per heavy atom. The number of aromatic nitrogens is 2. The van der Waals surface area contributed by atoms with Gasteiger partial charge in [-0.05, 0) is 99.1 Å². The van der Waals surface area contributed by atoms with E-state index in [1.807, 2.05) is 24.3 Å². The molecule has 0 bridgehead atoms. The molecule has 0 fully saturated rings. The third-order valence-electron chi connectivity index (χ3n) is 3.63. The van der Waals surface area contributed by atoms with E-state index in [1.54, 1.807) is 24.8 Å². The number of hydrogen-bond acceptors (Lipinski definition) is 2. The van der Waals surface area contributed by atoms with Crippen molar-refractivity contribution in [3.8, 4) is 0 Å². The lowest BCUT2D eigenvalue weighted by Crippen LogP contribution is -1.89. The number of rotatable bonds is 4. The van der Waals surface area contributed by atoms with Gasteiger partial charge in [0.05, 0.1) is 0 Å². The van der Waals surface area contributed by atoms with Gasteiger partial charge in [0.15, 0.2) is 0 Å². The number of halogens is 4. The lowest BCUT2D eigenvalue weighted by molar-refractivity contribution is 1.32. The van der Waals surface area contributed by atoms with Crippen LogP contribution in [-0.2, 0) is 0 Å². The van der Waals surface area contributed by atoms with E-state index in [0.717, 1.165) is 40.1 Å². The zero-order chi connectivity index (χ0) is 18.5. The van der Waals surface area contributed by atoms with E-state index in [4.69, 9.17) is 0 Å². The van der Waals surface area contributed by atoms with Gasteiger partial charge in [-0.25, -0.2) is 0 Å². The van der Waals surface area contributed by atoms with Gasteiger partial charge in [0.1, 0.15) is 0 Å². The lowest BCUT2D eigenvalue weighted by atomic mass is 10.1. The second kappa shape index (κ2) is 9.22. The smallest absolute Gasteiger partial charge is 0.0408 e. The lowest BCUT2D eigenvalue weighted by Gasteiger charge is -2.12. The van der Waals surface area contributed by atoms with Gasteiger partial charge in [-0.1, -0.05) is 24.3 Å². The average molecular weight is 600 g/mol. The number of benzene rings is 1. The Morgan fingerprint density at radius 1 is 0.500 bits per heavy atom. The van der Waals surface area contributed by atoms with Gasteiger partial charge in [0, 0.05) is 53.8 Å². The summed E-state index contributed by atoms with van der Waals surface area (Å²) in [6, 6.07) is 7.87. The molecule has 0 atom stereocenters. The molecule has 3 rings (SSSR count). The maximum Gasteiger partial charge on any atom is 0.0408 e. The van der Waals surface area contributed by atoms with Crippen LogP contribution in [0.3, 0.4) is 0 Å². The fourth-order valence-corrected chi connectivity index (χ4v) is 4.97. The van der Waals surface area contributed by atoms with Crippen LogP contribution < -0.4 is 0 Å². The van der Waals surface area contributed by atoms with E-state index in [0.29, 0.717) is 0 Å². The molecule has 0 spiro atoms. The Hall–Kier alpha value is -1.08. The van der Waals surface area contributed by atoms with Crippen LogP contribution in [0.2, 0.25) is 0 Å². The summed E-state index contributed by atoms with van der Waals surface area (Å²) in [5.74, 6) is 0. The molecule has 0 aliphatic heterocycles. The molecule has 1 aromatic carbocycles. The van der Waals surface area contributed by atoms with E-state index in [-0.39, 0.29) is 0 Å². The Morgan fingerprint density at radius 2 is 0.808 bits per heavy atom. The summed E-state index contributed by atoms with van der Waals surface area (Å²) in [4.78, 5) is 8.08. The molecule has 6 heteroatoms. The van der Waals surface area contributed by atoms with Crippen LogP contribution in [0.4, 0.5) is 0 Å². The fourth-order valence-electron chi connectivity index (χ4n) is 2.27. The monoisotopic (exact) mass is 596 g/mol. The van der Waals surface area contributed by atoms with E-state index >= 15 is 0 Å². The maximum absolute atomic E-state index is 4.04. The van der Waals surface area contributed by atoms with Crippen molar-refractivity contribution in [3.63, 3.8) is 0 Å². The van der Waals surface area contributed by atoms with Gasteiger partial charge in [-0.3, -0.25) is 9.97 Å². The molecule has 0 saturated heterocycles. The van der Waals surface area contributed by atoms with Gasteiger partial charge < -0.3 is 0 Å². The van der Waals surface area contributed by atoms with Crippen LogP contribution in [0.5, 0.6) is 0 Å². The zero-order valence-corrected chi connectivity index (χ0v) is 19.7. The predicted octanol–water partition coefficient (Wildman–Crippen LogP) is 7.87. The van der Waals surface area contributed by atoms with Gasteiger partial charge in [-0.15, -0.1) is 0 Å². The second-order valence-electron chi connectivity index (χ2n) is 5.31. The molecular weight excluding hydrogens is 588 g/mol. The molecule has 0 aliphatic carbocycles. The molecule has 0 unspecified atom stereocenters. The van der Waals surface area contributed by atoms with Crippen LogP contribution in [0, 0.1) is 0 Å². The summed E-state index contributed by atoms with van der Waals surface area (Å²) in [7, 11) is 0. The Labute approximate surface area is 186 Å². The van der Waals surface area contributed by atoms with Crippen LogP contribution in [0.1, 0.15) is 22.3 Å². The van der Waals surface area contributed by atoms with E-state index in [9.17, 15) is 0 Å². The highest BCUT2D eigenvalue weighted by Crippen LogP contribution is 2.43. The summed E-state index contributed by atoms with van der Waals surface area (Å²) in [6.45, 7) is 0. The minimum absolute atomic E-state index is 0.979. The predicted molar refractivity (Wildman–Crippen MR) is 124 cm³/mol. The topological polar surface area (TPSA) is 25.8 Å². The third kappa shape index (κ3) is 4.60. The minimum Gasteiger partial charge on any atom is -0.265 e. The maximum atomic E-state index is 4.04. The highest BCUT2D eigenvalue weighted by molar-refractivity contribution is 9.14. The number of hydrogen-bond donors (Lipinski definition) is 0. The number of pyridine rings is 2. The van der Waals surface area contributed by atoms with Gasteiger partial charge in [0.2, 0.25) is 0 Å². The quantitative estimate of drug-likeness (QED) is 0.285. The molecular formula is C20H12Br4N2. The van der Waals surface area contributed by atoms with Gasteiger partial charge in [0.25, 0.3) is 0 Å². The Kier molecular flexibility index (Phi) is 6.98. The third-order valence-corrected chi connectivity index (χ3v) is 7.99.